The summed E-state index contributed by atoms with van der Waals surface area (Å²) < 4.78 is 16.2. The van der Waals surface area contributed by atoms with Gasteiger partial charge < -0.3 is 9.47 Å². The number of hydrogen-bond donors (Lipinski definition) is 0. The lowest BCUT2D eigenvalue weighted by atomic mass is 10.0. The fraction of sp³-hybridized carbons (Fsp3) is 0.600. The van der Waals surface area contributed by atoms with Crippen molar-refractivity contribution in [3.8, 4) is 0 Å². The summed E-state index contributed by atoms with van der Waals surface area (Å²) in [6.45, 7) is 8.74. The highest BCUT2D eigenvalue weighted by atomic mass is 19.1. The van der Waals surface area contributed by atoms with Gasteiger partial charge in [-0.15, -0.1) is 0 Å². The molecule has 0 saturated carbocycles. The number of benzene rings is 1. The van der Waals surface area contributed by atoms with Crippen molar-refractivity contribution >= 4 is 10.9 Å². The van der Waals surface area contributed by atoms with E-state index in [1.54, 1.807) is 6.07 Å². The second-order valence-corrected chi connectivity index (χ2v) is 7.32. The van der Waals surface area contributed by atoms with Crippen molar-refractivity contribution in [2.75, 3.05) is 26.2 Å². The molecule has 4 heteroatoms. The number of fused-ring (bicyclic) bond motifs is 1. The van der Waals surface area contributed by atoms with Gasteiger partial charge in [-0.3, -0.25) is 4.90 Å². The standard InChI is InChI=1S/C20H28FN3/c1-2-23-14-9-18-16(5-6-19(21)20(18)23)15-22-12-7-17(8-13-22)24-10-3-4-11-24/h5-6,9,14,17H,2-4,7-8,10-13,15H2,1H3. The fourth-order valence-electron chi connectivity index (χ4n) is 4.53. The van der Waals surface area contributed by atoms with Crippen molar-refractivity contribution < 1.29 is 4.39 Å². The summed E-state index contributed by atoms with van der Waals surface area (Å²) in [6.07, 6.45) is 7.32. The molecule has 0 N–H and O–H groups in total. The lowest BCUT2D eigenvalue weighted by Crippen LogP contribution is -2.43. The van der Waals surface area contributed by atoms with Gasteiger partial charge in [0.1, 0.15) is 5.82 Å². The largest absolute Gasteiger partial charge is 0.345 e. The van der Waals surface area contributed by atoms with Crippen LogP contribution in [0.5, 0.6) is 0 Å². The van der Waals surface area contributed by atoms with Crippen LogP contribution in [0.25, 0.3) is 10.9 Å². The molecule has 3 nitrogen and oxygen atoms in total. The normalized spacial score (nSPS) is 21.1. The van der Waals surface area contributed by atoms with Crippen LogP contribution in [-0.4, -0.2) is 46.6 Å². The zero-order chi connectivity index (χ0) is 16.5. The van der Waals surface area contributed by atoms with Gasteiger partial charge >= 0.3 is 0 Å². The molecule has 2 aliphatic heterocycles. The van der Waals surface area contributed by atoms with Crippen LogP contribution in [0.3, 0.4) is 0 Å². The van der Waals surface area contributed by atoms with E-state index in [0.29, 0.717) is 0 Å². The highest BCUT2D eigenvalue weighted by Crippen LogP contribution is 2.27. The number of aryl methyl sites for hydroxylation is 1. The molecule has 0 radical (unpaired) electrons. The highest BCUT2D eigenvalue weighted by molar-refractivity contribution is 5.84. The summed E-state index contributed by atoms with van der Waals surface area (Å²) >= 11 is 0. The van der Waals surface area contributed by atoms with E-state index in [2.05, 4.69) is 22.8 Å². The van der Waals surface area contributed by atoms with Gasteiger partial charge in [0, 0.05) is 30.7 Å². The monoisotopic (exact) mass is 329 g/mol. The molecule has 1 aromatic carbocycles. The van der Waals surface area contributed by atoms with E-state index in [0.717, 1.165) is 43.1 Å². The van der Waals surface area contributed by atoms with Gasteiger partial charge in [0.2, 0.25) is 0 Å². The fourth-order valence-corrected chi connectivity index (χ4v) is 4.53. The first kappa shape index (κ1) is 16.1. The van der Waals surface area contributed by atoms with Crippen LogP contribution < -0.4 is 0 Å². The van der Waals surface area contributed by atoms with Crippen LogP contribution in [0.1, 0.15) is 38.2 Å². The van der Waals surface area contributed by atoms with Crippen LogP contribution in [0.4, 0.5) is 4.39 Å². The zero-order valence-corrected chi connectivity index (χ0v) is 14.7. The second-order valence-electron chi connectivity index (χ2n) is 7.32. The van der Waals surface area contributed by atoms with Gasteiger partial charge in [0.25, 0.3) is 0 Å². The van der Waals surface area contributed by atoms with Crippen LogP contribution in [0.15, 0.2) is 24.4 Å². The maximum absolute atomic E-state index is 14.2. The van der Waals surface area contributed by atoms with Gasteiger partial charge in [-0.05, 0) is 76.5 Å². The highest BCUT2D eigenvalue weighted by Gasteiger charge is 2.26. The Balaban J connectivity index is 1.45. The molecule has 1 aromatic heterocycles. The Morgan fingerprint density at radius 1 is 1.04 bits per heavy atom. The summed E-state index contributed by atoms with van der Waals surface area (Å²) in [7, 11) is 0. The second kappa shape index (κ2) is 6.85. The van der Waals surface area contributed by atoms with E-state index in [4.69, 9.17) is 0 Å². The molecule has 0 amide bonds. The van der Waals surface area contributed by atoms with E-state index in [1.165, 1.54) is 44.3 Å². The van der Waals surface area contributed by atoms with Crippen LogP contribution >= 0.6 is 0 Å². The Kier molecular flexibility index (Phi) is 4.59. The number of hydrogen-bond acceptors (Lipinski definition) is 2. The molecular weight excluding hydrogens is 301 g/mol. The molecule has 2 aliphatic rings. The van der Waals surface area contributed by atoms with Gasteiger partial charge in [-0.25, -0.2) is 4.39 Å². The third-order valence-corrected chi connectivity index (χ3v) is 5.92. The van der Waals surface area contributed by atoms with Gasteiger partial charge in [0.15, 0.2) is 0 Å². The molecule has 2 fully saturated rings. The molecule has 130 valence electrons. The molecular formula is C20H28FN3. The van der Waals surface area contributed by atoms with Crippen molar-refractivity contribution in [2.45, 2.75) is 51.7 Å². The lowest BCUT2D eigenvalue weighted by Gasteiger charge is -2.36. The number of likely N-dealkylation sites (tertiary alicyclic amines) is 2. The maximum atomic E-state index is 14.2. The van der Waals surface area contributed by atoms with E-state index in [9.17, 15) is 4.39 Å². The number of rotatable bonds is 4. The third kappa shape index (κ3) is 2.98. The lowest BCUT2D eigenvalue weighted by molar-refractivity contribution is 0.123. The molecule has 0 aliphatic carbocycles. The van der Waals surface area contributed by atoms with Gasteiger partial charge in [-0.2, -0.15) is 0 Å². The third-order valence-electron chi connectivity index (χ3n) is 5.92. The van der Waals surface area contributed by atoms with E-state index in [1.807, 2.05) is 16.8 Å². The van der Waals surface area contributed by atoms with Crippen molar-refractivity contribution in [3.05, 3.63) is 35.8 Å². The van der Waals surface area contributed by atoms with Gasteiger partial charge in [0.05, 0.1) is 5.52 Å². The summed E-state index contributed by atoms with van der Waals surface area (Å²) in [5, 5.41) is 1.08. The summed E-state index contributed by atoms with van der Waals surface area (Å²) in [5.41, 5.74) is 2.03. The molecule has 0 unspecified atom stereocenters. The van der Waals surface area contributed by atoms with E-state index < -0.39 is 0 Å². The number of nitrogens with zero attached hydrogens (tertiary/aromatic N) is 3. The molecule has 2 aromatic rings. The first-order chi connectivity index (χ1) is 11.8. The number of piperidine rings is 1. The summed E-state index contributed by atoms with van der Waals surface area (Å²) in [6, 6.07) is 6.48. The quantitative estimate of drug-likeness (QED) is 0.844. The molecule has 0 spiro atoms. The number of halogens is 1. The van der Waals surface area contributed by atoms with E-state index in [-0.39, 0.29) is 5.82 Å². The van der Waals surface area contributed by atoms with E-state index >= 15 is 0 Å². The van der Waals surface area contributed by atoms with Gasteiger partial charge in [-0.1, -0.05) is 6.07 Å². The van der Waals surface area contributed by atoms with Crippen LogP contribution in [-0.2, 0) is 13.1 Å². The minimum atomic E-state index is -0.103. The van der Waals surface area contributed by atoms with Crippen molar-refractivity contribution in [2.24, 2.45) is 0 Å². The first-order valence-electron chi connectivity index (χ1n) is 9.49. The Hall–Kier alpha value is -1.39. The average molecular weight is 329 g/mol. The van der Waals surface area contributed by atoms with Crippen molar-refractivity contribution in [1.82, 2.24) is 14.4 Å². The molecule has 24 heavy (non-hydrogen) atoms. The predicted octanol–water partition coefficient (Wildman–Crippen LogP) is 3.86. The molecule has 2 saturated heterocycles. The smallest absolute Gasteiger partial charge is 0.147 e. The zero-order valence-electron chi connectivity index (χ0n) is 14.7. The first-order valence-corrected chi connectivity index (χ1v) is 9.49. The minimum Gasteiger partial charge on any atom is -0.345 e. The SMILES string of the molecule is CCn1ccc2c(CN3CCC(N4CCCC4)CC3)ccc(F)c21. The predicted molar refractivity (Wildman–Crippen MR) is 96.7 cm³/mol. The van der Waals surface area contributed by atoms with Crippen LogP contribution in [0.2, 0.25) is 0 Å². The molecule has 3 heterocycles. The molecule has 0 atom stereocenters. The molecule has 4 rings (SSSR count). The maximum Gasteiger partial charge on any atom is 0.147 e. The number of aromatic nitrogens is 1. The summed E-state index contributed by atoms with van der Waals surface area (Å²) in [4.78, 5) is 5.23. The average Bonchev–Trinajstić information content (AvgIpc) is 3.28. The summed E-state index contributed by atoms with van der Waals surface area (Å²) in [5.74, 6) is -0.103. The Labute approximate surface area is 144 Å². The van der Waals surface area contributed by atoms with Crippen LogP contribution in [0, 0.1) is 5.82 Å². The Bertz CT molecular complexity index is 694. The minimum absolute atomic E-state index is 0.103. The van der Waals surface area contributed by atoms with Crippen molar-refractivity contribution in [1.29, 1.82) is 0 Å². The Morgan fingerprint density at radius 3 is 2.50 bits per heavy atom. The van der Waals surface area contributed by atoms with Crippen molar-refractivity contribution in [3.63, 3.8) is 0 Å². The Morgan fingerprint density at radius 2 is 1.79 bits per heavy atom. The topological polar surface area (TPSA) is 11.4 Å². The molecule has 0 bridgehead atoms.